The van der Waals surface area contributed by atoms with Gasteiger partial charge in [-0.3, -0.25) is 0 Å². The topological polar surface area (TPSA) is 50.3 Å². The van der Waals surface area contributed by atoms with E-state index in [9.17, 15) is 8.42 Å². The molecule has 1 aliphatic rings. The minimum atomic E-state index is -3.46. The van der Waals surface area contributed by atoms with Crippen LogP contribution in [0.4, 0.5) is 0 Å². The average Bonchev–Trinajstić information content (AvgIpc) is 2.94. The van der Waals surface area contributed by atoms with Crippen molar-refractivity contribution in [1.82, 2.24) is 9.29 Å². The van der Waals surface area contributed by atoms with E-state index >= 15 is 0 Å². The third-order valence-corrected chi connectivity index (χ3v) is 7.36. The van der Waals surface area contributed by atoms with Crippen LogP contribution >= 0.6 is 11.3 Å². The molecule has 1 aliphatic heterocycles. The highest BCUT2D eigenvalue weighted by molar-refractivity contribution is 7.89. The van der Waals surface area contributed by atoms with Gasteiger partial charge in [0.05, 0.1) is 15.6 Å². The molecule has 0 aliphatic carbocycles. The van der Waals surface area contributed by atoms with Crippen molar-refractivity contribution in [3.8, 4) is 11.3 Å². The lowest BCUT2D eigenvalue weighted by atomic mass is 10.1. The molecule has 0 radical (unpaired) electrons. The van der Waals surface area contributed by atoms with Gasteiger partial charge in [0.15, 0.2) is 0 Å². The number of nitrogens with zero attached hydrogens (tertiary/aromatic N) is 2. The fraction of sp³-hybridized carbons (Fsp3) is 0.471. The van der Waals surface area contributed by atoms with Crippen LogP contribution in [0, 0.1) is 13.8 Å². The summed E-state index contributed by atoms with van der Waals surface area (Å²) in [6.45, 7) is 6.43. The Morgan fingerprint density at radius 2 is 2.04 bits per heavy atom. The zero-order valence-electron chi connectivity index (χ0n) is 13.7. The lowest BCUT2D eigenvalue weighted by Crippen LogP contribution is -2.42. The van der Waals surface area contributed by atoms with Gasteiger partial charge in [-0.2, -0.15) is 4.31 Å². The van der Waals surface area contributed by atoms with Crippen LogP contribution in [0.25, 0.3) is 11.3 Å². The average molecular weight is 351 g/mol. The molecule has 1 aromatic carbocycles. The molecule has 6 heteroatoms. The van der Waals surface area contributed by atoms with Gasteiger partial charge in [0.1, 0.15) is 0 Å². The van der Waals surface area contributed by atoms with Crippen LogP contribution in [0.1, 0.15) is 36.8 Å². The van der Waals surface area contributed by atoms with Crippen molar-refractivity contribution in [3.05, 3.63) is 34.2 Å². The lowest BCUT2D eigenvalue weighted by molar-refractivity contribution is 0.268. The Labute approximate surface area is 142 Å². The molecule has 1 fully saturated rings. The standard InChI is InChI=1S/C17H22N2O2S2/c1-12-7-8-15(16-11-22-14(3)18-16)10-17(12)23(20,21)19-9-5-4-6-13(19)2/h7-8,10-11,13H,4-6,9H2,1-3H3/t13-/m0/s1. The summed E-state index contributed by atoms with van der Waals surface area (Å²) in [6, 6.07) is 5.67. The van der Waals surface area contributed by atoms with Gasteiger partial charge in [0.2, 0.25) is 10.0 Å². The van der Waals surface area contributed by atoms with Crippen molar-refractivity contribution < 1.29 is 8.42 Å². The van der Waals surface area contributed by atoms with E-state index in [1.54, 1.807) is 21.7 Å². The summed E-state index contributed by atoms with van der Waals surface area (Å²) in [5.74, 6) is 0. The molecule has 3 rings (SSSR count). The highest BCUT2D eigenvalue weighted by Crippen LogP contribution is 2.30. The molecule has 0 N–H and O–H groups in total. The van der Waals surface area contributed by atoms with Gasteiger partial charge >= 0.3 is 0 Å². The lowest BCUT2D eigenvalue weighted by Gasteiger charge is -2.32. The zero-order valence-corrected chi connectivity index (χ0v) is 15.4. The van der Waals surface area contributed by atoms with Crippen molar-refractivity contribution >= 4 is 21.4 Å². The number of rotatable bonds is 3. The van der Waals surface area contributed by atoms with Crippen molar-refractivity contribution in [1.29, 1.82) is 0 Å². The second-order valence-corrected chi connectivity index (χ2v) is 9.11. The first kappa shape index (κ1) is 16.6. The van der Waals surface area contributed by atoms with Crippen LogP contribution in [0.2, 0.25) is 0 Å². The van der Waals surface area contributed by atoms with E-state index in [4.69, 9.17) is 0 Å². The normalized spacial score (nSPS) is 19.9. The van der Waals surface area contributed by atoms with E-state index in [2.05, 4.69) is 4.98 Å². The predicted molar refractivity (Wildman–Crippen MR) is 94.2 cm³/mol. The van der Waals surface area contributed by atoms with Crippen molar-refractivity contribution in [3.63, 3.8) is 0 Å². The van der Waals surface area contributed by atoms with Crippen molar-refractivity contribution in [2.45, 2.75) is 51.0 Å². The number of sulfonamides is 1. The van der Waals surface area contributed by atoms with E-state index in [-0.39, 0.29) is 6.04 Å². The largest absolute Gasteiger partial charge is 0.243 e. The van der Waals surface area contributed by atoms with Gasteiger partial charge in [-0.15, -0.1) is 11.3 Å². The van der Waals surface area contributed by atoms with Gasteiger partial charge in [0.25, 0.3) is 0 Å². The Bertz CT molecular complexity index is 812. The molecule has 1 atom stereocenters. The van der Waals surface area contributed by atoms with E-state index in [0.29, 0.717) is 11.4 Å². The Morgan fingerprint density at radius 3 is 2.70 bits per heavy atom. The van der Waals surface area contributed by atoms with E-state index in [0.717, 1.165) is 41.1 Å². The summed E-state index contributed by atoms with van der Waals surface area (Å²) in [5.41, 5.74) is 2.50. The molecular weight excluding hydrogens is 328 g/mol. The van der Waals surface area contributed by atoms with Crippen LogP contribution in [-0.4, -0.2) is 30.3 Å². The molecule has 124 valence electrons. The van der Waals surface area contributed by atoms with Crippen LogP contribution in [0.15, 0.2) is 28.5 Å². The van der Waals surface area contributed by atoms with Crippen LogP contribution < -0.4 is 0 Å². The van der Waals surface area contributed by atoms with Gasteiger partial charge in [0, 0.05) is 23.5 Å². The zero-order chi connectivity index (χ0) is 16.6. The molecule has 0 unspecified atom stereocenters. The second kappa shape index (κ2) is 6.34. The molecule has 2 heterocycles. The SMILES string of the molecule is Cc1nc(-c2ccc(C)c(S(=O)(=O)N3CCCC[C@@H]3C)c2)cs1. The molecule has 1 aromatic heterocycles. The fourth-order valence-electron chi connectivity index (χ4n) is 3.09. The Morgan fingerprint density at radius 1 is 1.26 bits per heavy atom. The summed E-state index contributed by atoms with van der Waals surface area (Å²) in [7, 11) is -3.46. The Kier molecular flexibility index (Phi) is 4.58. The van der Waals surface area contributed by atoms with Gasteiger partial charge < -0.3 is 0 Å². The first-order valence-corrected chi connectivity index (χ1v) is 10.3. The third-order valence-electron chi connectivity index (χ3n) is 4.43. The van der Waals surface area contributed by atoms with E-state index in [1.165, 1.54) is 0 Å². The van der Waals surface area contributed by atoms with Crippen LogP contribution in [0.3, 0.4) is 0 Å². The highest BCUT2D eigenvalue weighted by Gasteiger charge is 2.32. The first-order chi connectivity index (χ1) is 10.9. The third kappa shape index (κ3) is 3.20. The van der Waals surface area contributed by atoms with Gasteiger partial charge in [-0.05, 0) is 45.2 Å². The fourth-order valence-corrected chi connectivity index (χ4v) is 5.66. The van der Waals surface area contributed by atoms with E-state index in [1.807, 2.05) is 38.3 Å². The summed E-state index contributed by atoms with van der Waals surface area (Å²) in [5, 5.41) is 2.95. The molecule has 2 aromatic rings. The molecule has 0 saturated carbocycles. The minimum Gasteiger partial charge on any atom is -0.242 e. The first-order valence-electron chi connectivity index (χ1n) is 7.94. The van der Waals surface area contributed by atoms with Crippen LogP contribution in [0.5, 0.6) is 0 Å². The Balaban J connectivity index is 2.04. The molecular formula is C17H22N2O2S2. The summed E-state index contributed by atoms with van der Waals surface area (Å²) in [6.07, 6.45) is 2.97. The van der Waals surface area contributed by atoms with Crippen molar-refractivity contribution in [2.75, 3.05) is 6.54 Å². The molecule has 23 heavy (non-hydrogen) atoms. The summed E-state index contributed by atoms with van der Waals surface area (Å²) >= 11 is 1.57. The number of benzene rings is 1. The number of hydrogen-bond donors (Lipinski definition) is 0. The van der Waals surface area contributed by atoms with Gasteiger partial charge in [-0.1, -0.05) is 18.6 Å². The quantitative estimate of drug-likeness (QED) is 0.841. The number of thiazole rings is 1. The summed E-state index contributed by atoms with van der Waals surface area (Å²) in [4.78, 5) is 4.88. The van der Waals surface area contributed by atoms with E-state index < -0.39 is 10.0 Å². The summed E-state index contributed by atoms with van der Waals surface area (Å²) < 4.78 is 27.9. The molecule has 0 bridgehead atoms. The molecule has 1 saturated heterocycles. The smallest absolute Gasteiger partial charge is 0.242 e. The minimum absolute atomic E-state index is 0.0679. The molecule has 0 amide bonds. The Hall–Kier alpha value is -1.24. The number of hydrogen-bond acceptors (Lipinski definition) is 4. The molecule has 0 spiro atoms. The van der Waals surface area contributed by atoms with Crippen LogP contribution in [-0.2, 0) is 10.0 Å². The maximum atomic E-state index is 13.1. The second-order valence-electron chi connectivity index (χ2n) is 6.19. The number of aryl methyl sites for hydroxylation is 2. The predicted octanol–water partition coefficient (Wildman–Crippen LogP) is 3.99. The van der Waals surface area contributed by atoms with Crippen molar-refractivity contribution in [2.24, 2.45) is 0 Å². The maximum absolute atomic E-state index is 13.1. The maximum Gasteiger partial charge on any atom is 0.243 e. The molecule has 4 nitrogen and oxygen atoms in total. The van der Waals surface area contributed by atoms with Gasteiger partial charge in [-0.25, -0.2) is 13.4 Å². The monoisotopic (exact) mass is 350 g/mol. The highest BCUT2D eigenvalue weighted by atomic mass is 32.2. The number of piperidine rings is 1. The number of aromatic nitrogens is 1.